The molecule has 2 atom stereocenters. The molecule has 0 saturated carbocycles. The fourth-order valence-electron chi connectivity index (χ4n) is 7.50. The van der Waals surface area contributed by atoms with E-state index in [4.69, 9.17) is 19.9 Å². The highest BCUT2D eigenvalue weighted by molar-refractivity contribution is 6.05. The largest absolute Gasteiger partial charge is 0.250 e. The van der Waals surface area contributed by atoms with Crippen LogP contribution in [0.15, 0.2) is 175 Å². The van der Waals surface area contributed by atoms with Gasteiger partial charge in [-0.1, -0.05) is 146 Å². The maximum absolute atomic E-state index is 5.34. The van der Waals surface area contributed by atoms with Crippen molar-refractivity contribution >= 4 is 49.2 Å². The molecule has 4 aromatic carbocycles. The van der Waals surface area contributed by atoms with Crippen molar-refractivity contribution in [1.82, 2.24) is 19.9 Å². The molecule has 0 bridgehead atoms. The lowest BCUT2D eigenvalue weighted by Crippen LogP contribution is -2.18. The minimum atomic E-state index is 0.0725. The van der Waals surface area contributed by atoms with Gasteiger partial charge in [-0.05, 0) is 29.8 Å². The second-order valence-corrected chi connectivity index (χ2v) is 13.0. The second-order valence-electron chi connectivity index (χ2n) is 13.0. The highest BCUT2D eigenvalue weighted by Gasteiger charge is 2.30. The van der Waals surface area contributed by atoms with E-state index >= 15 is 0 Å². The van der Waals surface area contributed by atoms with E-state index in [9.17, 15) is 0 Å². The van der Waals surface area contributed by atoms with Crippen molar-refractivity contribution < 1.29 is 0 Å². The molecule has 4 aromatic heterocycles. The van der Waals surface area contributed by atoms with E-state index in [0.29, 0.717) is 0 Å². The number of hydrogen-bond donors (Lipinski definition) is 0. The molecule has 2 unspecified atom stereocenters. The van der Waals surface area contributed by atoms with Crippen LogP contribution in [0.25, 0.3) is 71.7 Å². The van der Waals surface area contributed by atoms with Crippen LogP contribution in [0.2, 0.25) is 0 Å². The monoisotopic (exact) mass is 638 g/mol. The number of rotatable bonds is 4. The van der Waals surface area contributed by atoms with Gasteiger partial charge in [-0.25, -0.2) is 19.9 Å². The van der Waals surface area contributed by atoms with Gasteiger partial charge in [0.1, 0.15) is 0 Å². The molecular weight excluding hydrogens is 609 g/mol. The average molecular weight is 639 g/mol. The zero-order chi connectivity index (χ0) is 33.0. The summed E-state index contributed by atoms with van der Waals surface area (Å²) in [5, 5.41) is 4.34. The number of allylic oxidation sites excluding steroid dienone is 8. The molecule has 2 aliphatic carbocycles. The third-order valence-corrected chi connectivity index (χ3v) is 10.1. The number of pyridine rings is 4. The number of hydrogen-bond acceptors (Lipinski definition) is 4. The van der Waals surface area contributed by atoms with Crippen LogP contribution >= 0.6 is 0 Å². The molecule has 0 fully saturated rings. The molecule has 2 aliphatic rings. The van der Waals surface area contributed by atoms with Crippen LogP contribution in [0.4, 0.5) is 0 Å². The summed E-state index contributed by atoms with van der Waals surface area (Å²) in [4.78, 5) is 20.9. The van der Waals surface area contributed by atoms with Gasteiger partial charge in [0.2, 0.25) is 0 Å². The van der Waals surface area contributed by atoms with Crippen LogP contribution in [-0.4, -0.2) is 19.9 Å². The summed E-state index contributed by atoms with van der Waals surface area (Å²) in [5.74, 6) is 0.198. The Hall–Kier alpha value is -6.52. The lowest BCUT2D eigenvalue weighted by Gasteiger charge is -2.30. The molecule has 0 saturated heterocycles. The van der Waals surface area contributed by atoms with Crippen LogP contribution < -0.4 is 0 Å². The van der Waals surface area contributed by atoms with Crippen molar-refractivity contribution in [3.05, 3.63) is 187 Å². The predicted molar refractivity (Wildman–Crippen MR) is 206 cm³/mol. The number of benzene rings is 4. The van der Waals surface area contributed by atoms with Gasteiger partial charge in [-0.2, -0.15) is 0 Å². The Kier molecular flexibility index (Phi) is 6.59. The van der Waals surface area contributed by atoms with E-state index in [1.165, 1.54) is 5.57 Å². The topological polar surface area (TPSA) is 51.6 Å². The number of aromatic nitrogens is 4. The van der Waals surface area contributed by atoms with Gasteiger partial charge >= 0.3 is 0 Å². The number of nitrogens with zero attached hydrogens (tertiary/aromatic N) is 4. The molecule has 0 spiro atoms. The van der Waals surface area contributed by atoms with Crippen LogP contribution in [-0.2, 0) is 0 Å². The van der Waals surface area contributed by atoms with Gasteiger partial charge in [0.25, 0.3) is 0 Å². The molecule has 4 heteroatoms. The Morgan fingerprint density at radius 1 is 0.360 bits per heavy atom. The van der Waals surface area contributed by atoms with E-state index in [0.717, 1.165) is 83.1 Å². The first-order valence-electron chi connectivity index (χ1n) is 17.1. The van der Waals surface area contributed by atoms with Crippen molar-refractivity contribution in [2.75, 3.05) is 0 Å². The zero-order valence-corrected chi connectivity index (χ0v) is 27.1. The molecule has 8 aromatic rings. The summed E-state index contributed by atoms with van der Waals surface area (Å²) < 4.78 is 0. The van der Waals surface area contributed by atoms with Gasteiger partial charge in [-0.15, -0.1) is 0 Å². The van der Waals surface area contributed by atoms with Gasteiger partial charge < -0.3 is 0 Å². The van der Waals surface area contributed by atoms with E-state index < -0.39 is 0 Å². The first-order valence-corrected chi connectivity index (χ1v) is 17.1. The molecule has 0 aliphatic heterocycles. The summed E-state index contributed by atoms with van der Waals surface area (Å²) in [6, 6.07) is 46.4. The van der Waals surface area contributed by atoms with Crippen molar-refractivity contribution in [2.45, 2.75) is 5.92 Å². The smallest absolute Gasteiger partial charge is 0.0972 e. The van der Waals surface area contributed by atoms with Crippen LogP contribution in [0, 0.1) is 5.92 Å². The van der Waals surface area contributed by atoms with Crippen LogP contribution in [0.5, 0.6) is 0 Å². The van der Waals surface area contributed by atoms with Crippen LogP contribution in [0.3, 0.4) is 0 Å². The molecular formula is C46H30N4. The van der Waals surface area contributed by atoms with Gasteiger partial charge in [0.15, 0.2) is 0 Å². The Balaban J connectivity index is 1.03. The molecule has 50 heavy (non-hydrogen) atoms. The molecule has 10 rings (SSSR count). The molecule has 4 nitrogen and oxygen atoms in total. The van der Waals surface area contributed by atoms with Crippen molar-refractivity contribution in [3.8, 4) is 22.5 Å². The first-order chi connectivity index (χ1) is 24.8. The van der Waals surface area contributed by atoms with Crippen LogP contribution in [0.1, 0.15) is 17.3 Å². The van der Waals surface area contributed by atoms with E-state index in [1.807, 2.05) is 24.3 Å². The maximum atomic E-state index is 5.34. The standard InChI is InChI=1S/C46H30N4/c1-3-9-29(10-4-1)39-25-21-31-17-19-33-23-27-41(49-45(33)43(31)47-39)37-15-7-14-36-35(37)13-8-16-38(36)42-28-24-34-20-18-32-22-26-40(30-11-5-2-6-12-30)48-44(32)46(34)50-42/h1-28,35,37H. The average Bonchev–Trinajstić information content (AvgIpc) is 3.20. The summed E-state index contributed by atoms with van der Waals surface area (Å²) in [7, 11) is 0. The maximum Gasteiger partial charge on any atom is 0.0972 e. The Morgan fingerprint density at radius 2 is 0.800 bits per heavy atom. The van der Waals surface area contributed by atoms with Gasteiger partial charge in [0.05, 0.1) is 39.1 Å². The second kappa shape index (κ2) is 11.6. The Morgan fingerprint density at radius 3 is 1.38 bits per heavy atom. The molecule has 234 valence electrons. The Labute approximate surface area is 289 Å². The molecule has 0 radical (unpaired) electrons. The number of fused-ring (bicyclic) bond motifs is 7. The summed E-state index contributed by atoms with van der Waals surface area (Å²) in [5.41, 5.74) is 12.1. The van der Waals surface area contributed by atoms with Gasteiger partial charge in [0, 0.05) is 55.8 Å². The predicted octanol–water partition coefficient (Wildman–Crippen LogP) is 11.1. The van der Waals surface area contributed by atoms with E-state index in [-0.39, 0.29) is 11.8 Å². The summed E-state index contributed by atoms with van der Waals surface area (Å²) >= 11 is 0. The Bertz CT molecular complexity index is 2760. The zero-order valence-electron chi connectivity index (χ0n) is 27.1. The third-order valence-electron chi connectivity index (χ3n) is 10.1. The third kappa shape index (κ3) is 4.76. The quantitative estimate of drug-likeness (QED) is 0.180. The highest BCUT2D eigenvalue weighted by atomic mass is 14.8. The van der Waals surface area contributed by atoms with E-state index in [2.05, 4.69) is 146 Å². The summed E-state index contributed by atoms with van der Waals surface area (Å²) in [6.45, 7) is 0. The SMILES string of the molecule is C1=CC2C(=CC=CC2c2ccc3ccc4ccc(-c5ccccc5)nc4c3n2)C(c2ccc3ccc4ccc(-c5ccccc5)nc4c3n2)=C1. The fraction of sp³-hybridized carbons (Fsp3) is 0.0435. The summed E-state index contributed by atoms with van der Waals surface area (Å²) in [6.07, 6.45) is 13.4. The molecule has 0 amide bonds. The lowest BCUT2D eigenvalue weighted by molar-refractivity contribution is 0.658. The van der Waals surface area contributed by atoms with Gasteiger partial charge in [-0.3, -0.25) is 0 Å². The highest BCUT2D eigenvalue weighted by Crippen LogP contribution is 2.44. The molecule has 4 heterocycles. The van der Waals surface area contributed by atoms with Crippen molar-refractivity contribution in [1.29, 1.82) is 0 Å². The first kappa shape index (κ1) is 28.5. The fourth-order valence-corrected chi connectivity index (χ4v) is 7.50. The normalized spacial score (nSPS) is 16.9. The molecule has 0 N–H and O–H groups in total. The van der Waals surface area contributed by atoms with Crippen molar-refractivity contribution in [3.63, 3.8) is 0 Å². The van der Waals surface area contributed by atoms with E-state index in [1.54, 1.807) is 0 Å². The van der Waals surface area contributed by atoms with Crippen molar-refractivity contribution in [2.24, 2.45) is 5.92 Å². The minimum absolute atomic E-state index is 0.0725. The minimum Gasteiger partial charge on any atom is -0.250 e. The lowest BCUT2D eigenvalue weighted by atomic mass is 9.74.